The normalized spacial score (nSPS) is 13.6. The molecule has 1 aromatic heterocycles. The average Bonchev–Trinajstić information content (AvgIpc) is 2.85. The third kappa shape index (κ3) is 4.66. The average molecular weight is 378 g/mol. The molecule has 1 aliphatic rings. The Morgan fingerprint density at radius 3 is 3.00 bits per heavy atom. The van der Waals surface area contributed by atoms with Crippen LogP contribution in [0.2, 0.25) is 5.02 Å². The highest BCUT2D eigenvalue weighted by molar-refractivity contribution is 6.32. The van der Waals surface area contributed by atoms with Crippen LogP contribution in [0.5, 0.6) is 5.75 Å². The van der Waals surface area contributed by atoms with Crippen LogP contribution in [0.1, 0.15) is 37.8 Å². The van der Waals surface area contributed by atoms with E-state index in [9.17, 15) is 4.79 Å². The van der Waals surface area contributed by atoms with Crippen LogP contribution in [-0.4, -0.2) is 33.9 Å². The third-order valence-electron chi connectivity index (χ3n) is 4.31. The summed E-state index contributed by atoms with van der Waals surface area (Å²) in [6, 6.07) is 4.90. The fourth-order valence-corrected chi connectivity index (χ4v) is 3.28. The van der Waals surface area contributed by atoms with Gasteiger partial charge in [0.25, 0.3) is 0 Å². The zero-order valence-electron chi connectivity index (χ0n) is 14.9. The smallest absolute Gasteiger partial charge is 0.319 e. The molecule has 2 amide bonds. The Labute approximate surface area is 158 Å². The molecule has 3 rings (SSSR count). The minimum atomic E-state index is -0.277. The fraction of sp³-hybridized carbons (Fsp3) is 0.500. The summed E-state index contributed by atoms with van der Waals surface area (Å²) in [5.74, 6) is 2.60. The number of benzene rings is 1. The maximum absolute atomic E-state index is 12.1. The molecular weight excluding hydrogens is 354 g/mol. The molecule has 1 aliphatic heterocycles. The highest BCUT2D eigenvalue weighted by Crippen LogP contribution is 2.27. The summed E-state index contributed by atoms with van der Waals surface area (Å²) < 4.78 is 7.57. The van der Waals surface area contributed by atoms with Gasteiger partial charge in [-0.1, -0.05) is 18.0 Å². The van der Waals surface area contributed by atoms with Crippen LogP contribution in [0.25, 0.3) is 0 Å². The van der Waals surface area contributed by atoms with Crippen LogP contribution in [0.4, 0.5) is 10.5 Å². The van der Waals surface area contributed by atoms with Gasteiger partial charge in [0.1, 0.15) is 17.4 Å². The van der Waals surface area contributed by atoms with Gasteiger partial charge in [0.2, 0.25) is 0 Å². The van der Waals surface area contributed by atoms with Crippen molar-refractivity contribution in [2.24, 2.45) is 0 Å². The summed E-state index contributed by atoms with van der Waals surface area (Å²) in [7, 11) is 0. The highest BCUT2D eigenvalue weighted by Gasteiger charge is 2.14. The van der Waals surface area contributed by atoms with Crippen molar-refractivity contribution in [1.82, 2.24) is 20.1 Å². The van der Waals surface area contributed by atoms with Gasteiger partial charge in [0.15, 0.2) is 0 Å². The van der Waals surface area contributed by atoms with Gasteiger partial charge < -0.3 is 19.9 Å². The molecule has 0 spiro atoms. The summed E-state index contributed by atoms with van der Waals surface area (Å²) in [6.07, 6.45) is 5.20. The van der Waals surface area contributed by atoms with Crippen molar-refractivity contribution in [2.75, 3.05) is 18.5 Å². The molecule has 1 aromatic carbocycles. The molecule has 26 heavy (non-hydrogen) atoms. The number of rotatable bonds is 6. The SMILES string of the molecule is CCOc1ccc(NC(=O)NCCc2nnc3n2CCCCC3)cc1Cl. The van der Waals surface area contributed by atoms with E-state index >= 15 is 0 Å². The standard InChI is InChI=1S/C18H24ClN5O2/c1-2-26-15-8-7-13(12-14(15)19)21-18(25)20-10-9-17-23-22-16-6-4-3-5-11-24(16)17/h7-8,12H,2-6,9-11H2,1H3,(H2,20,21,25). The van der Waals surface area contributed by atoms with E-state index in [0.29, 0.717) is 36.0 Å². The van der Waals surface area contributed by atoms with Crippen LogP contribution in [-0.2, 0) is 19.4 Å². The van der Waals surface area contributed by atoms with Crippen LogP contribution < -0.4 is 15.4 Å². The number of halogens is 1. The maximum atomic E-state index is 12.1. The van der Waals surface area contributed by atoms with Gasteiger partial charge in [-0.2, -0.15) is 0 Å². The number of hydrogen-bond acceptors (Lipinski definition) is 4. The van der Waals surface area contributed by atoms with Crippen molar-refractivity contribution < 1.29 is 9.53 Å². The summed E-state index contributed by atoms with van der Waals surface area (Å²) in [6.45, 7) is 3.90. The first kappa shape index (κ1) is 18.5. The fourth-order valence-electron chi connectivity index (χ4n) is 3.04. The largest absolute Gasteiger partial charge is 0.492 e. The summed E-state index contributed by atoms with van der Waals surface area (Å²) >= 11 is 6.13. The van der Waals surface area contributed by atoms with E-state index in [2.05, 4.69) is 25.4 Å². The second-order valence-corrected chi connectivity index (χ2v) is 6.61. The predicted molar refractivity (Wildman–Crippen MR) is 101 cm³/mol. The number of aryl methyl sites for hydroxylation is 1. The monoisotopic (exact) mass is 377 g/mol. The maximum Gasteiger partial charge on any atom is 0.319 e. The number of nitrogens with one attached hydrogen (secondary N) is 2. The van der Waals surface area contributed by atoms with Crippen molar-refractivity contribution in [3.63, 3.8) is 0 Å². The van der Waals surface area contributed by atoms with Crippen LogP contribution in [0, 0.1) is 0 Å². The van der Waals surface area contributed by atoms with Gasteiger partial charge in [0, 0.05) is 31.6 Å². The molecule has 0 unspecified atom stereocenters. The lowest BCUT2D eigenvalue weighted by Crippen LogP contribution is -2.31. The molecule has 7 nitrogen and oxygen atoms in total. The second-order valence-electron chi connectivity index (χ2n) is 6.20. The number of fused-ring (bicyclic) bond motifs is 1. The first-order chi connectivity index (χ1) is 12.7. The minimum absolute atomic E-state index is 0.277. The molecular formula is C18H24ClN5O2. The van der Waals surface area contributed by atoms with Gasteiger partial charge in [0.05, 0.1) is 11.6 Å². The number of nitrogens with zero attached hydrogens (tertiary/aromatic N) is 3. The zero-order valence-corrected chi connectivity index (χ0v) is 15.7. The number of carbonyl (C=O) groups excluding carboxylic acids is 1. The van der Waals surface area contributed by atoms with E-state index < -0.39 is 0 Å². The Kier molecular flexibility index (Phi) is 6.33. The van der Waals surface area contributed by atoms with Crippen LogP contribution >= 0.6 is 11.6 Å². The molecule has 2 N–H and O–H groups in total. The van der Waals surface area contributed by atoms with Crippen molar-refractivity contribution in [3.05, 3.63) is 34.9 Å². The Morgan fingerprint density at radius 2 is 2.19 bits per heavy atom. The Balaban J connectivity index is 1.49. The molecule has 8 heteroatoms. The summed E-state index contributed by atoms with van der Waals surface area (Å²) in [5.41, 5.74) is 0.618. The number of anilines is 1. The van der Waals surface area contributed by atoms with Gasteiger partial charge in [-0.05, 0) is 38.0 Å². The number of amides is 2. The molecule has 0 aliphatic carbocycles. The molecule has 140 valence electrons. The summed E-state index contributed by atoms with van der Waals surface area (Å²) in [4.78, 5) is 12.1. The molecule has 0 radical (unpaired) electrons. The molecule has 0 atom stereocenters. The quantitative estimate of drug-likeness (QED) is 0.808. The third-order valence-corrected chi connectivity index (χ3v) is 4.61. The Morgan fingerprint density at radius 1 is 1.31 bits per heavy atom. The highest BCUT2D eigenvalue weighted by atomic mass is 35.5. The van der Waals surface area contributed by atoms with Crippen molar-refractivity contribution in [2.45, 2.75) is 45.6 Å². The predicted octanol–water partition coefficient (Wildman–Crippen LogP) is 3.42. The second kappa shape index (κ2) is 8.89. The topological polar surface area (TPSA) is 81.1 Å². The van der Waals surface area contributed by atoms with E-state index in [4.69, 9.17) is 16.3 Å². The van der Waals surface area contributed by atoms with E-state index in [1.165, 1.54) is 12.8 Å². The lowest BCUT2D eigenvalue weighted by atomic mass is 10.2. The van der Waals surface area contributed by atoms with E-state index in [-0.39, 0.29) is 6.03 Å². The van der Waals surface area contributed by atoms with Gasteiger partial charge in [-0.15, -0.1) is 10.2 Å². The van der Waals surface area contributed by atoms with Gasteiger partial charge >= 0.3 is 6.03 Å². The zero-order chi connectivity index (χ0) is 18.4. The Hall–Kier alpha value is -2.28. The van der Waals surface area contributed by atoms with E-state index in [0.717, 1.165) is 31.0 Å². The molecule has 0 bridgehead atoms. The number of hydrogen-bond donors (Lipinski definition) is 2. The lowest BCUT2D eigenvalue weighted by molar-refractivity contribution is 0.252. The molecule has 0 saturated heterocycles. The number of urea groups is 1. The molecule has 0 saturated carbocycles. The van der Waals surface area contributed by atoms with Crippen molar-refractivity contribution >= 4 is 23.3 Å². The lowest BCUT2D eigenvalue weighted by Gasteiger charge is -2.10. The first-order valence-corrected chi connectivity index (χ1v) is 9.43. The van der Waals surface area contributed by atoms with Crippen molar-refractivity contribution in [1.29, 1.82) is 0 Å². The van der Waals surface area contributed by atoms with Gasteiger partial charge in [-0.25, -0.2) is 4.79 Å². The van der Waals surface area contributed by atoms with E-state index in [1.807, 2.05) is 6.92 Å². The summed E-state index contributed by atoms with van der Waals surface area (Å²) in [5, 5.41) is 14.6. The number of carbonyl (C=O) groups is 1. The van der Waals surface area contributed by atoms with E-state index in [1.54, 1.807) is 18.2 Å². The van der Waals surface area contributed by atoms with Gasteiger partial charge in [-0.3, -0.25) is 0 Å². The van der Waals surface area contributed by atoms with Crippen LogP contribution in [0.3, 0.4) is 0 Å². The first-order valence-electron chi connectivity index (χ1n) is 9.05. The number of aromatic nitrogens is 3. The minimum Gasteiger partial charge on any atom is -0.492 e. The Bertz CT molecular complexity index is 762. The number of ether oxygens (including phenoxy) is 1. The molecule has 0 fully saturated rings. The molecule has 2 heterocycles. The van der Waals surface area contributed by atoms with Crippen molar-refractivity contribution in [3.8, 4) is 5.75 Å². The molecule has 2 aromatic rings. The van der Waals surface area contributed by atoms with Crippen LogP contribution in [0.15, 0.2) is 18.2 Å².